The third-order valence-corrected chi connectivity index (χ3v) is 8.98. The molecule has 0 radical (unpaired) electrons. The summed E-state index contributed by atoms with van der Waals surface area (Å²) in [6.07, 6.45) is 2.90. The minimum Gasteiger partial charge on any atom is -0.484 e. The van der Waals surface area contributed by atoms with E-state index in [1.807, 2.05) is 60.7 Å². The van der Waals surface area contributed by atoms with Gasteiger partial charge in [0.25, 0.3) is 5.91 Å². The van der Waals surface area contributed by atoms with Crippen LogP contribution in [0.3, 0.4) is 0 Å². The number of benzene rings is 3. The summed E-state index contributed by atoms with van der Waals surface area (Å²) in [6.45, 7) is 3.86. The van der Waals surface area contributed by atoms with E-state index in [0.29, 0.717) is 44.2 Å². The van der Waals surface area contributed by atoms with Crippen molar-refractivity contribution in [2.45, 2.75) is 43.7 Å². The highest BCUT2D eigenvalue weighted by molar-refractivity contribution is 7.89. The van der Waals surface area contributed by atoms with Gasteiger partial charge in [0, 0.05) is 26.2 Å². The van der Waals surface area contributed by atoms with E-state index < -0.39 is 16.1 Å². The Morgan fingerprint density at radius 1 is 0.929 bits per heavy atom. The van der Waals surface area contributed by atoms with E-state index in [-0.39, 0.29) is 29.9 Å². The van der Waals surface area contributed by atoms with Crippen LogP contribution in [-0.4, -0.2) is 68.9 Å². The van der Waals surface area contributed by atoms with E-state index in [1.165, 1.54) is 33.5 Å². The molecule has 1 aliphatic heterocycles. The molecule has 4 rings (SSSR count). The van der Waals surface area contributed by atoms with Crippen molar-refractivity contribution in [2.75, 3.05) is 39.5 Å². The van der Waals surface area contributed by atoms with Crippen molar-refractivity contribution < 1.29 is 27.5 Å². The fourth-order valence-corrected chi connectivity index (χ4v) is 6.17. The molecule has 3 aromatic carbocycles. The van der Waals surface area contributed by atoms with Crippen molar-refractivity contribution in [3.05, 3.63) is 96.1 Å². The summed E-state index contributed by atoms with van der Waals surface area (Å²) in [7, 11) is -3.64. The Labute approximate surface area is 248 Å². The Morgan fingerprint density at radius 2 is 1.57 bits per heavy atom. The van der Waals surface area contributed by atoms with E-state index in [0.717, 1.165) is 24.8 Å². The van der Waals surface area contributed by atoms with Crippen molar-refractivity contribution in [1.82, 2.24) is 14.5 Å². The molecule has 224 valence electrons. The number of ether oxygens (including phenoxy) is 2. The lowest BCUT2D eigenvalue weighted by molar-refractivity contribution is -0.143. The molecule has 0 aromatic heterocycles. The molecule has 3 aromatic rings. The van der Waals surface area contributed by atoms with Gasteiger partial charge < -0.3 is 19.7 Å². The van der Waals surface area contributed by atoms with Gasteiger partial charge in [-0.3, -0.25) is 9.59 Å². The van der Waals surface area contributed by atoms with E-state index >= 15 is 0 Å². The average Bonchev–Trinajstić information content (AvgIpc) is 3.03. The van der Waals surface area contributed by atoms with Crippen LogP contribution in [0.4, 0.5) is 0 Å². The lowest BCUT2D eigenvalue weighted by Gasteiger charge is -2.31. The molecule has 0 unspecified atom stereocenters. The largest absolute Gasteiger partial charge is 0.484 e. The fraction of sp³-hybridized carbons (Fsp3) is 0.375. The first-order valence-corrected chi connectivity index (χ1v) is 15.8. The third-order valence-electron chi connectivity index (χ3n) is 7.06. The van der Waals surface area contributed by atoms with Crippen LogP contribution in [-0.2, 0) is 30.9 Å². The zero-order valence-electron chi connectivity index (χ0n) is 24.0. The summed E-state index contributed by atoms with van der Waals surface area (Å²) >= 11 is 0. The van der Waals surface area contributed by atoms with Gasteiger partial charge >= 0.3 is 0 Å². The lowest BCUT2D eigenvalue weighted by Crippen LogP contribution is -2.45. The number of morpholine rings is 1. The molecule has 1 atom stereocenters. The number of hydrogen-bond acceptors (Lipinski definition) is 6. The van der Waals surface area contributed by atoms with Crippen LogP contribution in [0.1, 0.15) is 43.4 Å². The molecule has 1 heterocycles. The number of unbranched alkanes of at least 4 members (excludes halogenated alkanes) is 2. The van der Waals surface area contributed by atoms with Gasteiger partial charge in [0.2, 0.25) is 15.9 Å². The molecule has 0 saturated carbocycles. The number of carbonyl (C=O) groups excluding carboxylic acids is 2. The van der Waals surface area contributed by atoms with Crippen molar-refractivity contribution >= 4 is 21.8 Å². The zero-order chi connectivity index (χ0) is 29.8. The van der Waals surface area contributed by atoms with Gasteiger partial charge in [0.15, 0.2) is 6.61 Å². The van der Waals surface area contributed by atoms with Gasteiger partial charge in [-0.1, -0.05) is 80.4 Å². The fourth-order valence-electron chi connectivity index (χ4n) is 4.77. The molecule has 0 bridgehead atoms. The van der Waals surface area contributed by atoms with Crippen molar-refractivity contribution in [1.29, 1.82) is 0 Å². The number of rotatable bonds is 14. The number of amides is 2. The van der Waals surface area contributed by atoms with Gasteiger partial charge in [-0.2, -0.15) is 4.31 Å². The second-order valence-electron chi connectivity index (χ2n) is 10.1. The Hall–Kier alpha value is -3.73. The van der Waals surface area contributed by atoms with E-state index in [1.54, 1.807) is 0 Å². The smallest absolute Gasteiger partial charge is 0.261 e. The summed E-state index contributed by atoms with van der Waals surface area (Å²) in [6, 6.07) is 23.9. The van der Waals surface area contributed by atoms with Crippen LogP contribution >= 0.6 is 0 Å². The minimum absolute atomic E-state index is 0.151. The average molecular weight is 594 g/mol. The first-order valence-electron chi connectivity index (χ1n) is 14.4. The van der Waals surface area contributed by atoms with Crippen molar-refractivity contribution in [2.24, 2.45) is 0 Å². The normalized spacial score (nSPS) is 14.6. The highest BCUT2D eigenvalue weighted by atomic mass is 32.2. The Balaban J connectivity index is 1.52. The maximum atomic E-state index is 13.8. The summed E-state index contributed by atoms with van der Waals surface area (Å²) < 4.78 is 38.4. The summed E-state index contributed by atoms with van der Waals surface area (Å²) in [5.41, 5.74) is 1.58. The Bertz CT molecular complexity index is 1380. The van der Waals surface area contributed by atoms with Crippen LogP contribution in [0.25, 0.3) is 0 Å². The predicted octanol–water partition coefficient (Wildman–Crippen LogP) is 4.16. The molecule has 0 spiro atoms. The number of sulfonamides is 1. The highest BCUT2D eigenvalue weighted by Gasteiger charge is 2.32. The van der Waals surface area contributed by atoms with Crippen LogP contribution in [0.5, 0.6) is 5.75 Å². The molecule has 42 heavy (non-hydrogen) atoms. The summed E-state index contributed by atoms with van der Waals surface area (Å²) in [5.74, 6) is -0.273. The predicted molar refractivity (Wildman–Crippen MR) is 160 cm³/mol. The number of nitrogens with zero attached hydrogens (tertiary/aromatic N) is 2. The van der Waals surface area contributed by atoms with Gasteiger partial charge in [0.1, 0.15) is 11.8 Å². The molecule has 10 heteroatoms. The van der Waals surface area contributed by atoms with Gasteiger partial charge in [-0.15, -0.1) is 0 Å². The molecule has 1 aliphatic rings. The number of nitrogens with one attached hydrogen (secondary N) is 1. The maximum Gasteiger partial charge on any atom is 0.261 e. The molecular formula is C32H39N3O6S. The summed E-state index contributed by atoms with van der Waals surface area (Å²) in [5, 5.41) is 3.02. The molecule has 9 nitrogen and oxygen atoms in total. The topological polar surface area (TPSA) is 105 Å². The maximum absolute atomic E-state index is 13.8. The number of hydrogen-bond donors (Lipinski definition) is 1. The first-order chi connectivity index (χ1) is 20.4. The number of carbonyl (C=O) groups is 2. The van der Waals surface area contributed by atoms with Crippen molar-refractivity contribution in [3.63, 3.8) is 0 Å². The van der Waals surface area contributed by atoms with Crippen LogP contribution < -0.4 is 10.1 Å². The SMILES string of the molecule is CCCCCNC(=O)[C@H](c1ccccc1)N(Cc1ccccc1)C(=O)COc1ccc(S(=O)(=O)N2CCOCC2)cc1. The van der Waals surface area contributed by atoms with Crippen LogP contribution in [0, 0.1) is 0 Å². The molecular weight excluding hydrogens is 554 g/mol. The first kappa shape index (κ1) is 31.2. The van der Waals surface area contributed by atoms with Gasteiger partial charge in [-0.05, 0) is 41.8 Å². The molecule has 0 aliphatic carbocycles. The molecule has 1 saturated heterocycles. The molecule has 1 fully saturated rings. The molecule has 1 N–H and O–H groups in total. The Morgan fingerprint density at radius 3 is 2.21 bits per heavy atom. The quantitative estimate of drug-likeness (QED) is 0.282. The Kier molecular flexibility index (Phi) is 11.5. The molecule has 2 amide bonds. The van der Waals surface area contributed by atoms with E-state index in [2.05, 4.69) is 12.2 Å². The van der Waals surface area contributed by atoms with E-state index in [9.17, 15) is 18.0 Å². The zero-order valence-corrected chi connectivity index (χ0v) is 24.8. The highest BCUT2D eigenvalue weighted by Crippen LogP contribution is 2.25. The van der Waals surface area contributed by atoms with Crippen molar-refractivity contribution in [3.8, 4) is 5.75 Å². The van der Waals surface area contributed by atoms with E-state index in [4.69, 9.17) is 9.47 Å². The second-order valence-corrected chi connectivity index (χ2v) is 12.0. The standard InChI is InChI=1S/C32H39N3O6S/c1-2-3-10-19-33-32(37)31(27-13-8-5-9-14-27)35(24-26-11-6-4-7-12-26)30(36)25-41-28-15-17-29(18-16-28)42(38,39)34-20-22-40-23-21-34/h4-9,11-18,31H,2-3,10,19-25H2,1H3,(H,33,37)/t31-/m0/s1. The third kappa shape index (κ3) is 8.40. The van der Waals surface area contributed by atoms with Gasteiger partial charge in [0.05, 0.1) is 18.1 Å². The summed E-state index contributed by atoms with van der Waals surface area (Å²) in [4.78, 5) is 29.0. The second kappa shape index (κ2) is 15.5. The minimum atomic E-state index is -3.64. The van der Waals surface area contributed by atoms with Gasteiger partial charge in [-0.25, -0.2) is 8.42 Å². The lowest BCUT2D eigenvalue weighted by atomic mass is 10.0. The van der Waals surface area contributed by atoms with Crippen LogP contribution in [0.15, 0.2) is 89.8 Å². The monoisotopic (exact) mass is 593 g/mol. The van der Waals surface area contributed by atoms with Crippen LogP contribution in [0.2, 0.25) is 0 Å².